The molecule has 0 fully saturated rings. The summed E-state index contributed by atoms with van der Waals surface area (Å²) in [5, 5.41) is 0. The van der Waals surface area contributed by atoms with Gasteiger partial charge in [0, 0.05) is 19.3 Å². The van der Waals surface area contributed by atoms with E-state index in [2.05, 4.69) is 81.5 Å². The lowest BCUT2D eigenvalue weighted by Gasteiger charge is -2.18. The Hall–Kier alpha value is -2.89. The third kappa shape index (κ3) is 51.9. The molecule has 0 heterocycles. The van der Waals surface area contributed by atoms with Crippen molar-refractivity contribution in [2.24, 2.45) is 0 Å². The highest BCUT2D eigenvalue weighted by atomic mass is 16.6. The second kappa shape index (κ2) is 53.7. The summed E-state index contributed by atoms with van der Waals surface area (Å²) in [4.78, 5) is 38.1. The molecule has 0 bridgehead atoms. The minimum Gasteiger partial charge on any atom is -0.462 e. The van der Waals surface area contributed by atoms with Gasteiger partial charge in [-0.1, -0.05) is 261 Å². The van der Waals surface area contributed by atoms with E-state index in [4.69, 9.17) is 14.2 Å². The fourth-order valence-electron chi connectivity index (χ4n) is 7.89. The van der Waals surface area contributed by atoms with Crippen molar-refractivity contribution in [3.63, 3.8) is 0 Å². The highest BCUT2D eigenvalue weighted by Gasteiger charge is 2.19. The van der Waals surface area contributed by atoms with E-state index in [0.29, 0.717) is 19.3 Å². The monoisotopic (exact) mass is 909 g/mol. The molecule has 0 rings (SSSR count). The van der Waals surface area contributed by atoms with Crippen molar-refractivity contribution >= 4 is 17.9 Å². The quantitative estimate of drug-likeness (QED) is 0.0262. The summed E-state index contributed by atoms with van der Waals surface area (Å²) in [6.45, 7) is 6.51. The molecule has 1 atom stereocenters. The summed E-state index contributed by atoms with van der Waals surface area (Å²) in [5.41, 5.74) is 0. The van der Waals surface area contributed by atoms with E-state index in [1.54, 1.807) is 0 Å². The Labute approximate surface area is 402 Å². The molecular weight excluding hydrogens is 805 g/mol. The van der Waals surface area contributed by atoms with E-state index in [-0.39, 0.29) is 37.5 Å². The van der Waals surface area contributed by atoms with Gasteiger partial charge in [-0.3, -0.25) is 14.4 Å². The van der Waals surface area contributed by atoms with Crippen molar-refractivity contribution < 1.29 is 28.6 Å². The van der Waals surface area contributed by atoms with Crippen molar-refractivity contribution in [1.29, 1.82) is 0 Å². The Morgan fingerprint density at radius 3 is 0.938 bits per heavy atom. The van der Waals surface area contributed by atoms with Crippen LogP contribution in [0.1, 0.15) is 278 Å². The molecule has 0 aliphatic rings. The van der Waals surface area contributed by atoms with Crippen LogP contribution in [-0.4, -0.2) is 37.2 Å². The van der Waals surface area contributed by atoms with Crippen molar-refractivity contribution in [2.45, 2.75) is 284 Å². The smallest absolute Gasteiger partial charge is 0.306 e. The number of unbranched alkanes of at least 4 members (excludes halogenated alkanes) is 29. The number of carbonyl (C=O) groups is 3. The molecule has 0 amide bonds. The number of allylic oxidation sites excluding steroid dienone is 10. The number of esters is 3. The standard InChI is InChI=1S/C59H104O6/c1-4-7-10-13-16-19-22-25-28-29-32-34-37-40-43-46-49-52-58(61)64-55-56(65-59(62)53-50-47-44-41-38-35-31-27-24-21-18-15-12-9-6-3)54-63-57(60)51-48-45-42-39-36-33-30-26-23-20-17-14-11-8-5-2/h7,10,16,19,25,28,32,34,40,43,56H,4-6,8-9,11-15,17-18,20-24,26-27,29-31,33,35-39,41-42,44-55H2,1-3H3/b10-7-,19-16-,28-25-,34-32-,43-40-/t56-/m0/s1. The Bertz CT molecular complexity index is 1180. The van der Waals surface area contributed by atoms with E-state index in [1.807, 2.05) is 0 Å². The molecule has 0 saturated heterocycles. The number of hydrogen-bond acceptors (Lipinski definition) is 6. The lowest BCUT2D eigenvalue weighted by molar-refractivity contribution is -0.167. The molecule has 0 aromatic carbocycles. The van der Waals surface area contributed by atoms with Gasteiger partial charge in [-0.15, -0.1) is 0 Å². The van der Waals surface area contributed by atoms with Gasteiger partial charge < -0.3 is 14.2 Å². The number of carbonyl (C=O) groups excluding carboxylic acids is 3. The third-order valence-electron chi connectivity index (χ3n) is 12.0. The van der Waals surface area contributed by atoms with Crippen molar-refractivity contribution in [1.82, 2.24) is 0 Å². The zero-order chi connectivity index (χ0) is 47.2. The minimum absolute atomic E-state index is 0.0878. The normalized spacial score (nSPS) is 12.5. The van der Waals surface area contributed by atoms with Crippen LogP contribution in [0.3, 0.4) is 0 Å². The molecule has 0 saturated carbocycles. The summed E-state index contributed by atoms with van der Waals surface area (Å²) in [7, 11) is 0. The lowest BCUT2D eigenvalue weighted by Crippen LogP contribution is -2.30. The number of hydrogen-bond donors (Lipinski definition) is 0. The van der Waals surface area contributed by atoms with Crippen LogP contribution < -0.4 is 0 Å². The molecule has 0 aliphatic carbocycles. The van der Waals surface area contributed by atoms with Crippen LogP contribution in [0.4, 0.5) is 0 Å². The van der Waals surface area contributed by atoms with Gasteiger partial charge in [0.1, 0.15) is 13.2 Å². The Morgan fingerprint density at radius 1 is 0.323 bits per heavy atom. The van der Waals surface area contributed by atoms with Gasteiger partial charge >= 0.3 is 17.9 Å². The number of ether oxygens (including phenoxy) is 3. The first-order chi connectivity index (χ1) is 32.0. The minimum atomic E-state index is -0.793. The molecular formula is C59H104O6. The molecule has 0 spiro atoms. The topological polar surface area (TPSA) is 78.9 Å². The fraction of sp³-hybridized carbons (Fsp3) is 0.780. The fourth-order valence-corrected chi connectivity index (χ4v) is 7.89. The lowest BCUT2D eigenvalue weighted by atomic mass is 10.0. The highest BCUT2D eigenvalue weighted by Crippen LogP contribution is 2.16. The second-order valence-electron chi connectivity index (χ2n) is 18.5. The van der Waals surface area contributed by atoms with Gasteiger partial charge in [-0.05, 0) is 57.8 Å². The summed E-state index contributed by atoms with van der Waals surface area (Å²) in [6.07, 6.45) is 66.4. The molecule has 6 heteroatoms. The van der Waals surface area contributed by atoms with Gasteiger partial charge in [-0.25, -0.2) is 0 Å². The van der Waals surface area contributed by atoms with Gasteiger partial charge in [0.05, 0.1) is 0 Å². The van der Waals surface area contributed by atoms with Gasteiger partial charge in [0.25, 0.3) is 0 Å². The van der Waals surface area contributed by atoms with Crippen LogP contribution in [0.5, 0.6) is 0 Å². The molecule has 0 N–H and O–H groups in total. The largest absolute Gasteiger partial charge is 0.462 e. The van der Waals surface area contributed by atoms with E-state index in [0.717, 1.165) is 77.0 Å². The summed E-state index contributed by atoms with van der Waals surface area (Å²) >= 11 is 0. The van der Waals surface area contributed by atoms with Crippen LogP contribution in [-0.2, 0) is 28.6 Å². The Kier molecular flexibility index (Phi) is 51.3. The van der Waals surface area contributed by atoms with Gasteiger partial charge in [0.2, 0.25) is 0 Å². The maximum atomic E-state index is 12.8. The van der Waals surface area contributed by atoms with E-state index in [1.165, 1.54) is 154 Å². The zero-order valence-corrected chi connectivity index (χ0v) is 43.0. The number of rotatable bonds is 50. The molecule has 0 aromatic heterocycles. The van der Waals surface area contributed by atoms with E-state index < -0.39 is 6.10 Å². The SMILES string of the molecule is CC/C=C\C/C=C\C/C=C\C/C=C\C/C=C\CCCC(=O)OC[C@H](COC(=O)CCCCCCCCCCCCCCCCC)OC(=O)CCCCCCCCCCCCCCCCC. The third-order valence-corrected chi connectivity index (χ3v) is 12.0. The summed E-state index contributed by atoms with van der Waals surface area (Å²) < 4.78 is 16.8. The van der Waals surface area contributed by atoms with Crippen LogP contribution >= 0.6 is 0 Å². The van der Waals surface area contributed by atoms with Crippen LogP contribution in [0, 0.1) is 0 Å². The van der Waals surface area contributed by atoms with Gasteiger partial charge in [0.15, 0.2) is 6.10 Å². The molecule has 0 radical (unpaired) electrons. The van der Waals surface area contributed by atoms with Crippen LogP contribution in [0.2, 0.25) is 0 Å². The van der Waals surface area contributed by atoms with Crippen molar-refractivity contribution in [2.75, 3.05) is 13.2 Å². The molecule has 0 unspecified atom stereocenters. The van der Waals surface area contributed by atoms with Crippen molar-refractivity contribution in [3.8, 4) is 0 Å². The molecule has 6 nitrogen and oxygen atoms in total. The Morgan fingerprint density at radius 2 is 0.600 bits per heavy atom. The molecule has 0 aliphatic heterocycles. The van der Waals surface area contributed by atoms with Gasteiger partial charge in [-0.2, -0.15) is 0 Å². The van der Waals surface area contributed by atoms with Crippen molar-refractivity contribution in [3.05, 3.63) is 60.8 Å². The maximum absolute atomic E-state index is 12.8. The average Bonchev–Trinajstić information content (AvgIpc) is 3.30. The zero-order valence-electron chi connectivity index (χ0n) is 43.0. The predicted molar refractivity (Wildman–Crippen MR) is 279 cm³/mol. The summed E-state index contributed by atoms with van der Waals surface area (Å²) in [6, 6.07) is 0. The molecule has 376 valence electrons. The molecule has 65 heavy (non-hydrogen) atoms. The van der Waals surface area contributed by atoms with E-state index in [9.17, 15) is 14.4 Å². The summed E-state index contributed by atoms with van der Waals surface area (Å²) in [5.74, 6) is -0.936. The van der Waals surface area contributed by atoms with E-state index >= 15 is 0 Å². The maximum Gasteiger partial charge on any atom is 0.306 e. The molecule has 0 aromatic rings. The highest BCUT2D eigenvalue weighted by molar-refractivity contribution is 5.71. The predicted octanol–water partition coefficient (Wildman–Crippen LogP) is 18.4. The first kappa shape index (κ1) is 62.1. The first-order valence-electron chi connectivity index (χ1n) is 27.8. The van der Waals surface area contributed by atoms with Crippen LogP contribution in [0.25, 0.3) is 0 Å². The second-order valence-corrected chi connectivity index (χ2v) is 18.5. The van der Waals surface area contributed by atoms with Crippen LogP contribution in [0.15, 0.2) is 60.8 Å². The average molecular weight is 909 g/mol. The first-order valence-corrected chi connectivity index (χ1v) is 27.8. The Balaban J connectivity index is 4.44.